The Hall–Kier alpha value is -1.72. The average molecular weight is 276 g/mol. The summed E-state index contributed by atoms with van der Waals surface area (Å²) in [5.41, 5.74) is 1.07. The van der Waals surface area contributed by atoms with Gasteiger partial charge in [-0.2, -0.15) is 0 Å². The van der Waals surface area contributed by atoms with Gasteiger partial charge < -0.3 is 4.74 Å². The van der Waals surface area contributed by atoms with Crippen LogP contribution in [0.2, 0.25) is 0 Å². The van der Waals surface area contributed by atoms with E-state index < -0.39 is 0 Å². The first-order chi connectivity index (χ1) is 9.63. The molecule has 1 aliphatic heterocycles. The zero-order chi connectivity index (χ0) is 14.5. The number of imide groups is 1. The Bertz CT molecular complexity index is 475. The first kappa shape index (κ1) is 14.7. The van der Waals surface area contributed by atoms with Gasteiger partial charge >= 0.3 is 0 Å². The number of amides is 2. The molecule has 1 fully saturated rings. The van der Waals surface area contributed by atoms with Gasteiger partial charge in [-0.15, -0.1) is 0 Å². The van der Waals surface area contributed by atoms with Crippen LogP contribution in [0.25, 0.3) is 0 Å². The Balaban J connectivity index is 2.09. The predicted molar refractivity (Wildman–Crippen MR) is 75.0 cm³/mol. The third kappa shape index (κ3) is 3.23. The maximum Gasteiger partial charge on any atom is 0.246 e. The molecule has 1 saturated heterocycles. The third-order valence-electron chi connectivity index (χ3n) is 3.59. The minimum atomic E-state index is -0.335. The molecule has 5 nitrogen and oxygen atoms in total. The number of nitrogens with zero attached hydrogens (tertiary/aromatic N) is 1. The highest BCUT2D eigenvalue weighted by molar-refractivity contribution is 6.00. The Morgan fingerprint density at radius 3 is 2.70 bits per heavy atom. The van der Waals surface area contributed by atoms with Crippen LogP contribution in [0.5, 0.6) is 0 Å². The highest BCUT2D eigenvalue weighted by atomic mass is 16.5. The molecule has 0 spiro atoms. The van der Waals surface area contributed by atoms with E-state index in [1.54, 1.807) is 7.11 Å². The first-order valence-corrected chi connectivity index (χ1v) is 6.74. The van der Waals surface area contributed by atoms with Crippen molar-refractivity contribution in [3.8, 4) is 0 Å². The number of carbonyl (C=O) groups excluding carboxylic acids is 2. The van der Waals surface area contributed by atoms with Crippen LogP contribution in [0, 0.1) is 0 Å². The number of likely N-dealkylation sites (N-methyl/N-ethyl adjacent to an activating group) is 1. The molecule has 2 amide bonds. The third-order valence-corrected chi connectivity index (χ3v) is 3.59. The number of hydrogen-bond donors (Lipinski definition) is 1. The summed E-state index contributed by atoms with van der Waals surface area (Å²) in [6.07, 6.45) is 0.934. The molecule has 1 N–H and O–H groups in total. The zero-order valence-electron chi connectivity index (χ0n) is 11.8. The van der Waals surface area contributed by atoms with Gasteiger partial charge in [0.05, 0.1) is 18.7 Å². The molecule has 2 rings (SSSR count). The van der Waals surface area contributed by atoms with E-state index in [0.717, 1.165) is 5.56 Å². The maximum absolute atomic E-state index is 12.1. The monoisotopic (exact) mass is 276 g/mol. The van der Waals surface area contributed by atoms with Crippen molar-refractivity contribution in [1.82, 2.24) is 10.2 Å². The van der Waals surface area contributed by atoms with Crippen LogP contribution in [0.3, 0.4) is 0 Å². The molecule has 5 heteroatoms. The minimum absolute atomic E-state index is 0.0586. The molecule has 0 aromatic heterocycles. The topological polar surface area (TPSA) is 58.6 Å². The molecule has 1 aromatic carbocycles. The Morgan fingerprint density at radius 1 is 1.35 bits per heavy atom. The van der Waals surface area contributed by atoms with Crippen molar-refractivity contribution < 1.29 is 14.3 Å². The zero-order valence-corrected chi connectivity index (χ0v) is 11.8. The SMILES string of the molecule is COCC(NC1CCC(=O)N(C)C1=O)c1ccccc1. The van der Waals surface area contributed by atoms with Crippen LogP contribution in [0.1, 0.15) is 24.4 Å². The second-order valence-electron chi connectivity index (χ2n) is 4.97. The molecule has 0 radical (unpaired) electrons. The molecule has 20 heavy (non-hydrogen) atoms. The number of carbonyl (C=O) groups is 2. The van der Waals surface area contributed by atoms with Crippen LogP contribution in [0.4, 0.5) is 0 Å². The van der Waals surface area contributed by atoms with E-state index in [1.807, 2.05) is 30.3 Å². The normalized spacial score (nSPS) is 21.1. The van der Waals surface area contributed by atoms with Gasteiger partial charge in [0, 0.05) is 20.6 Å². The lowest BCUT2D eigenvalue weighted by atomic mass is 10.0. The number of ether oxygens (including phenoxy) is 1. The van der Waals surface area contributed by atoms with Crippen molar-refractivity contribution in [2.75, 3.05) is 20.8 Å². The minimum Gasteiger partial charge on any atom is -0.383 e. The second-order valence-corrected chi connectivity index (χ2v) is 4.97. The van der Waals surface area contributed by atoms with Crippen molar-refractivity contribution in [3.05, 3.63) is 35.9 Å². The van der Waals surface area contributed by atoms with E-state index in [2.05, 4.69) is 5.32 Å². The molecule has 0 aliphatic carbocycles. The fraction of sp³-hybridized carbons (Fsp3) is 0.467. The van der Waals surface area contributed by atoms with E-state index in [4.69, 9.17) is 4.74 Å². The van der Waals surface area contributed by atoms with E-state index in [-0.39, 0.29) is 23.9 Å². The quantitative estimate of drug-likeness (QED) is 0.819. The number of piperidine rings is 1. The van der Waals surface area contributed by atoms with Crippen LogP contribution >= 0.6 is 0 Å². The van der Waals surface area contributed by atoms with Crippen LogP contribution in [0.15, 0.2) is 30.3 Å². The standard InChI is InChI=1S/C15H20N2O3/c1-17-14(18)9-8-12(15(17)19)16-13(10-20-2)11-6-4-3-5-7-11/h3-7,12-13,16H,8-10H2,1-2H3. The van der Waals surface area contributed by atoms with E-state index in [9.17, 15) is 9.59 Å². The van der Waals surface area contributed by atoms with Gasteiger partial charge in [0.15, 0.2) is 0 Å². The van der Waals surface area contributed by atoms with Crippen LogP contribution in [-0.4, -0.2) is 43.5 Å². The molecule has 2 unspecified atom stereocenters. The molecule has 2 atom stereocenters. The van der Waals surface area contributed by atoms with Crippen molar-refractivity contribution >= 4 is 11.8 Å². The summed E-state index contributed by atoms with van der Waals surface area (Å²) >= 11 is 0. The van der Waals surface area contributed by atoms with Crippen LogP contribution < -0.4 is 5.32 Å². The summed E-state index contributed by atoms with van der Waals surface area (Å²) in [5, 5.41) is 3.31. The molecule has 1 aliphatic rings. The van der Waals surface area contributed by atoms with Gasteiger partial charge in [0.25, 0.3) is 0 Å². The van der Waals surface area contributed by atoms with Crippen molar-refractivity contribution in [3.63, 3.8) is 0 Å². The van der Waals surface area contributed by atoms with E-state index >= 15 is 0 Å². The summed E-state index contributed by atoms with van der Waals surface area (Å²) < 4.78 is 5.23. The Kier molecular flexibility index (Phi) is 4.87. The Labute approximate surface area is 118 Å². The summed E-state index contributed by atoms with van der Waals surface area (Å²) in [7, 11) is 3.17. The highest BCUT2D eigenvalue weighted by Gasteiger charge is 2.33. The molecule has 108 valence electrons. The number of benzene rings is 1. The molecular formula is C15H20N2O3. The first-order valence-electron chi connectivity index (χ1n) is 6.74. The molecule has 0 saturated carbocycles. The molecule has 1 aromatic rings. The van der Waals surface area contributed by atoms with E-state index in [0.29, 0.717) is 19.4 Å². The second kappa shape index (κ2) is 6.63. The summed E-state index contributed by atoms with van der Waals surface area (Å²) in [4.78, 5) is 24.8. The number of rotatable bonds is 5. The van der Waals surface area contributed by atoms with Crippen LogP contribution in [-0.2, 0) is 14.3 Å². The number of methoxy groups -OCH3 is 1. The number of hydrogen-bond acceptors (Lipinski definition) is 4. The fourth-order valence-electron chi connectivity index (χ4n) is 2.41. The lowest BCUT2D eigenvalue weighted by Gasteiger charge is -2.31. The Morgan fingerprint density at radius 2 is 2.05 bits per heavy atom. The average Bonchev–Trinajstić information content (AvgIpc) is 2.48. The van der Waals surface area contributed by atoms with Gasteiger partial charge in [-0.05, 0) is 12.0 Å². The molecule has 1 heterocycles. The van der Waals surface area contributed by atoms with Crippen molar-refractivity contribution in [1.29, 1.82) is 0 Å². The number of nitrogens with one attached hydrogen (secondary N) is 1. The van der Waals surface area contributed by atoms with Gasteiger partial charge in [0.2, 0.25) is 11.8 Å². The molecular weight excluding hydrogens is 256 g/mol. The summed E-state index contributed by atoms with van der Waals surface area (Å²) in [5.74, 6) is -0.283. The van der Waals surface area contributed by atoms with Gasteiger partial charge in [-0.3, -0.25) is 19.8 Å². The molecule has 0 bridgehead atoms. The van der Waals surface area contributed by atoms with Gasteiger partial charge in [-0.1, -0.05) is 30.3 Å². The lowest BCUT2D eigenvalue weighted by molar-refractivity contribution is -0.148. The smallest absolute Gasteiger partial charge is 0.246 e. The predicted octanol–water partition coefficient (Wildman–Crippen LogP) is 1.11. The van der Waals surface area contributed by atoms with Gasteiger partial charge in [0.1, 0.15) is 0 Å². The van der Waals surface area contributed by atoms with Gasteiger partial charge in [-0.25, -0.2) is 0 Å². The maximum atomic E-state index is 12.1. The summed E-state index contributed by atoms with van der Waals surface area (Å²) in [6, 6.07) is 9.47. The lowest BCUT2D eigenvalue weighted by Crippen LogP contribution is -2.52. The largest absolute Gasteiger partial charge is 0.383 e. The fourth-order valence-corrected chi connectivity index (χ4v) is 2.41. The number of likely N-dealkylation sites (tertiary alicyclic amines) is 1. The highest BCUT2D eigenvalue weighted by Crippen LogP contribution is 2.18. The van der Waals surface area contributed by atoms with Crippen molar-refractivity contribution in [2.24, 2.45) is 0 Å². The van der Waals surface area contributed by atoms with Crippen molar-refractivity contribution in [2.45, 2.75) is 24.9 Å². The summed E-state index contributed by atoms with van der Waals surface area (Å²) in [6.45, 7) is 0.478. The van der Waals surface area contributed by atoms with E-state index in [1.165, 1.54) is 11.9 Å².